The third-order valence-electron chi connectivity index (χ3n) is 3.67. The Labute approximate surface area is 145 Å². The van der Waals surface area contributed by atoms with E-state index in [1.54, 1.807) is 12.1 Å². The molecular formula is C22H28O2. The molecule has 0 aliphatic heterocycles. The highest BCUT2D eigenvalue weighted by atomic mass is 16.3. The van der Waals surface area contributed by atoms with Gasteiger partial charge in [0.2, 0.25) is 0 Å². The van der Waals surface area contributed by atoms with Crippen LogP contribution in [0.3, 0.4) is 0 Å². The fourth-order valence-electron chi connectivity index (χ4n) is 2.19. The van der Waals surface area contributed by atoms with E-state index >= 15 is 0 Å². The molecule has 0 spiro atoms. The van der Waals surface area contributed by atoms with Crippen LogP contribution in [0.5, 0.6) is 11.5 Å². The second kappa shape index (κ2) is 10.3. The van der Waals surface area contributed by atoms with Crippen molar-refractivity contribution < 1.29 is 10.2 Å². The molecule has 2 aromatic rings. The zero-order valence-electron chi connectivity index (χ0n) is 14.8. The van der Waals surface area contributed by atoms with Gasteiger partial charge in [0.25, 0.3) is 0 Å². The van der Waals surface area contributed by atoms with Crippen molar-refractivity contribution in [2.75, 3.05) is 0 Å². The number of unbranched alkanes of at least 4 members (excludes halogenated alkanes) is 1. The molecule has 2 heteroatoms. The molecular weight excluding hydrogens is 296 g/mol. The number of aromatic hydroxyl groups is 2. The number of phenols is 2. The molecule has 0 atom stereocenters. The maximum atomic E-state index is 10.0. The summed E-state index contributed by atoms with van der Waals surface area (Å²) < 4.78 is 0. The normalized spacial score (nSPS) is 9.75. The van der Waals surface area contributed by atoms with Gasteiger partial charge >= 0.3 is 0 Å². The van der Waals surface area contributed by atoms with Gasteiger partial charge in [0, 0.05) is 11.1 Å². The van der Waals surface area contributed by atoms with Gasteiger partial charge in [-0.15, -0.1) is 13.2 Å². The van der Waals surface area contributed by atoms with Gasteiger partial charge in [-0.25, -0.2) is 0 Å². The first-order valence-corrected chi connectivity index (χ1v) is 8.43. The van der Waals surface area contributed by atoms with Gasteiger partial charge in [-0.2, -0.15) is 0 Å². The minimum absolute atomic E-state index is 0.156. The Kier molecular flexibility index (Phi) is 8.42. The molecule has 0 fully saturated rings. The SMILES string of the molecule is C=CCc1ccc(O)c(-c2cc(CC=C)ccc2O)c1.CCCC. The van der Waals surface area contributed by atoms with Crippen LogP contribution in [0, 0.1) is 0 Å². The van der Waals surface area contributed by atoms with E-state index in [-0.39, 0.29) is 11.5 Å². The molecule has 2 aromatic carbocycles. The third kappa shape index (κ3) is 5.62. The van der Waals surface area contributed by atoms with Crippen LogP contribution >= 0.6 is 0 Å². The Morgan fingerprint density at radius 2 is 1.12 bits per heavy atom. The van der Waals surface area contributed by atoms with Gasteiger partial charge in [0.05, 0.1) is 0 Å². The van der Waals surface area contributed by atoms with Crippen LogP contribution in [0.4, 0.5) is 0 Å². The first-order valence-electron chi connectivity index (χ1n) is 8.43. The quantitative estimate of drug-likeness (QED) is 0.637. The predicted octanol–water partition coefficient (Wildman–Crippen LogP) is 6.03. The van der Waals surface area contributed by atoms with E-state index in [9.17, 15) is 10.2 Å². The molecule has 0 aliphatic carbocycles. The van der Waals surface area contributed by atoms with Gasteiger partial charge in [-0.1, -0.05) is 51.0 Å². The smallest absolute Gasteiger partial charge is 0.123 e. The summed E-state index contributed by atoms with van der Waals surface area (Å²) in [5.74, 6) is 0.313. The molecule has 24 heavy (non-hydrogen) atoms. The molecule has 0 saturated carbocycles. The summed E-state index contributed by atoms with van der Waals surface area (Å²) in [6.07, 6.45) is 7.70. The van der Waals surface area contributed by atoms with Crippen molar-refractivity contribution in [3.05, 3.63) is 72.8 Å². The number of hydrogen-bond donors (Lipinski definition) is 2. The van der Waals surface area contributed by atoms with Crippen LogP contribution in [0.2, 0.25) is 0 Å². The van der Waals surface area contributed by atoms with E-state index in [4.69, 9.17) is 0 Å². The fraction of sp³-hybridized carbons (Fsp3) is 0.273. The lowest BCUT2D eigenvalue weighted by Gasteiger charge is -2.10. The molecule has 2 nitrogen and oxygen atoms in total. The summed E-state index contributed by atoms with van der Waals surface area (Å²) >= 11 is 0. The van der Waals surface area contributed by atoms with Crippen molar-refractivity contribution in [1.29, 1.82) is 0 Å². The average molecular weight is 324 g/mol. The number of benzene rings is 2. The molecule has 0 radical (unpaired) electrons. The molecule has 2 rings (SSSR count). The maximum Gasteiger partial charge on any atom is 0.123 e. The number of hydrogen-bond acceptors (Lipinski definition) is 2. The fourth-order valence-corrected chi connectivity index (χ4v) is 2.19. The van der Waals surface area contributed by atoms with Crippen LogP contribution < -0.4 is 0 Å². The number of rotatable bonds is 6. The van der Waals surface area contributed by atoms with Crippen LogP contribution in [-0.2, 0) is 12.8 Å². The highest BCUT2D eigenvalue weighted by Gasteiger charge is 2.10. The van der Waals surface area contributed by atoms with Crippen molar-refractivity contribution in [1.82, 2.24) is 0 Å². The molecule has 0 amide bonds. The Bertz CT molecular complexity index is 612. The zero-order chi connectivity index (χ0) is 17.9. The Balaban J connectivity index is 0.000000648. The molecule has 0 aliphatic rings. The van der Waals surface area contributed by atoms with Gasteiger partial charge in [0.1, 0.15) is 11.5 Å². The van der Waals surface area contributed by atoms with Gasteiger partial charge < -0.3 is 10.2 Å². The molecule has 128 valence electrons. The van der Waals surface area contributed by atoms with Crippen LogP contribution in [0.25, 0.3) is 11.1 Å². The Morgan fingerprint density at radius 1 is 0.750 bits per heavy atom. The molecule has 0 heterocycles. The zero-order valence-corrected chi connectivity index (χ0v) is 14.8. The summed E-state index contributed by atoms with van der Waals surface area (Å²) in [5, 5.41) is 20.1. The highest BCUT2D eigenvalue weighted by molar-refractivity contribution is 5.76. The van der Waals surface area contributed by atoms with Gasteiger partial charge in [-0.05, 0) is 48.2 Å². The van der Waals surface area contributed by atoms with Crippen molar-refractivity contribution in [2.45, 2.75) is 39.5 Å². The van der Waals surface area contributed by atoms with E-state index in [0.717, 1.165) is 24.0 Å². The van der Waals surface area contributed by atoms with Crippen LogP contribution in [0.1, 0.15) is 37.8 Å². The van der Waals surface area contributed by atoms with Crippen LogP contribution in [0.15, 0.2) is 61.7 Å². The lowest BCUT2D eigenvalue weighted by Crippen LogP contribution is -1.88. The first kappa shape index (κ1) is 19.6. The standard InChI is InChI=1S/C18H18O2.C4H10/c1-3-5-13-7-9-17(19)15(11-13)16-12-14(6-4-2)8-10-18(16)20;1-3-4-2/h3-4,7-12,19-20H,1-2,5-6H2;3-4H2,1-2H3. The van der Waals surface area contributed by atoms with Gasteiger partial charge in [0.15, 0.2) is 0 Å². The summed E-state index contributed by atoms with van der Waals surface area (Å²) in [6.45, 7) is 11.8. The summed E-state index contributed by atoms with van der Waals surface area (Å²) in [4.78, 5) is 0. The topological polar surface area (TPSA) is 40.5 Å². The second-order valence-electron chi connectivity index (χ2n) is 5.69. The van der Waals surface area contributed by atoms with Gasteiger partial charge in [-0.3, -0.25) is 0 Å². The highest BCUT2D eigenvalue weighted by Crippen LogP contribution is 2.36. The molecule has 0 saturated heterocycles. The third-order valence-corrected chi connectivity index (χ3v) is 3.67. The lowest BCUT2D eigenvalue weighted by atomic mass is 9.97. The van der Waals surface area contributed by atoms with Crippen molar-refractivity contribution in [2.24, 2.45) is 0 Å². The maximum absolute atomic E-state index is 10.0. The number of allylic oxidation sites excluding steroid dienone is 2. The molecule has 0 bridgehead atoms. The largest absolute Gasteiger partial charge is 0.507 e. The van der Waals surface area contributed by atoms with E-state index < -0.39 is 0 Å². The average Bonchev–Trinajstić information content (AvgIpc) is 2.59. The molecule has 2 N–H and O–H groups in total. The minimum atomic E-state index is 0.156. The summed E-state index contributed by atoms with van der Waals surface area (Å²) in [7, 11) is 0. The van der Waals surface area contributed by atoms with E-state index in [0.29, 0.717) is 11.1 Å². The minimum Gasteiger partial charge on any atom is -0.507 e. The Morgan fingerprint density at radius 3 is 1.42 bits per heavy atom. The Hall–Kier alpha value is -2.48. The summed E-state index contributed by atoms with van der Waals surface area (Å²) in [6, 6.07) is 10.8. The van der Waals surface area contributed by atoms with E-state index in [1.807, 2.05) is 36.4 Å². The van der Waals surface area contributed by atoms with Crippen LogP contribution in [-0.4, -0.2) is 10.2 Å². The van der Waals surface area contributed by atoms with Crippen molar-refractivity contribution in [3.8, 4) is 22.6 Å². The predicted molar refractivity (Wildman–Crippen MR) is 104 cm³/mol. The lowest BCUT2D eigenvalue weighted by molar-refractivity contribution is 0.469. The monoisotopic (exact) mass is 324 g/mol. The van der Waals surface area contributed by atoms with E-state index in [1.165, 1.54) is 12.8 Å². The first-order chi connectivity index (χ1) is 11.6. The van der Waals surface area contributed by atoms with E-state index in [2.05, 4.69) is 27.0 Å². The second-order valence-corrected chi connectivity index (χ2v) is 5.69. The molecule has 0 aromatic heterocycles. The number of phenolic OH excluding ortho intramolecular Hbond substituents is 2. The van der Waals surface area contributed by atoms with Crippen molar-refractivity contribution >= 4 is 0 Å². The molecule has 0 unspecified atom stereocenters. The summed E-state index contributed by atoms with van der Waals surface area (Å²) in [5.41, 5.74) is 3.35. The van der Waals surface area contributed by atoms with Crippen molar-refractivity contribution in [3.63, 3.8) is 0 Å².